The SMILES string of the molecule is CC(C(=O)Cl)c1ccc(F)cc1.CC(C(=O)O)c1ccc(F)cc1.CN(C)C=O.O=C(Cl)C(=O)Cl. The van der Waals surface area contributed by atoms with Crippen molar-refractivity contribution in [3.63, 3.8) is 0 Å². The van der Waals surface area contributed by atoms with Crippen molar-refractivity contribution in [3.05, 3.63) is 71.3 Å². The first-order valence-electron chi connectivity index (χ1n) is 9.58. The average Bonchev–Trinajstić information content (AvgIpc) is 2.80. The molecule has 2 atom stereocenters. The number of carboxylic acid groups (broad SMARTS) is 1. The molecule has 2 aromatic rings. The van der Waals surface area contributed by atoms with Crippen molar-refractivity contribution >= 4 is 62.9 Å². The molecular formula is C23H24Cl3F2NO6. The summed E-state index contributed by atoms with van der Waals surface area (Å²) in [7, 11) is 3.38. The van der Waals surface area contributed by atoms with Gasteiger partial charge in [0.15, 0.2) is 0 Å². The number of aliphatic carboxylic acids is 1. The first kappa shape index (κ1) is 34.3. The van der Waals surface area contributed by atoms with Gasteiger partial charge < -0.3 is 10.0 Å². The molecular weight excluding hydrogens is 531 g/mol. The van der Waals surface area contributed by atoms with Gasteiger partial charge in [-0.3, -0.25) is 24.0 Å². The third kappa shape index (κ3) is 17.2. The molecule has 2 aromatic carbocycles. The predicted octanol–water partition coefficient (Wildman–Crippen LogP) is 4.93. The number of amides is 1. The lowest BCUT2D eigenvalue weighted by Gasteiger charge is -2.04. The number of carbonyl (C=O) groups excluding carboxylic acids is 4. The summed E-state index contributed by atoms with van der Waals surface area (Å²) in [6, 6.07) is 11.2. The van der Waals surface area contributed by atoms with Gasteiger partial charge in [-0.05, 0) is 77.1 Å². The van der Waals surface area contributed by atoms with E-state index in [9.17, 15) is 32.8 Å². The molecule has 2 unspecified atom stereocenters. The van der Waals surface area contributed by atoms with Gasteiger partial charge in [-0.2, -0.15) is 0 Å². The third-order valence-electron chi connectivity index (χ3n) is 3.82. The van der Waals surface area contributed by atoms with Gasteiger partial charge in [-0.1, -0.05) is 31.2 Å². The quantitative estimate of drug-likeness (QED) is 0.308. The molecule has 7 nitrogen and oxygen atoms in total. The van der Waals surface area contributed by atoms with Gasteiger partial charge in [0.05, 0.1) is 11.8 Å². The summed E-state index contributed by atoms with van der Waals surface area (Å²) >= 11 is 14.3. The van der Waals surface area contributed by atoms with Gasteiger partial charge >= 0.3 is 16.5 Å². The van der Waals surface area contributed by atoms with Crippen molar-refractivity contribution in [1.29, 1.82) is 0 Å². The lowest BCUT2D eigenvalue weighted by molar-refractivity contribution is -0.138. The first-order valence-corrected chi connectivity index (χ1v) is 10.7. The van der Waals surface area contributed by atoms with Crippen molar-refractivity contribution < 1.29 is 37.9 Å². The van der Waals surface area contributed by atoms with Gasteiger partial charge in [0, 0.05) is 14.1 Å². The van der Waals surface area contributed by atoms with E-state index in [1.165, 1.54) is 41.3 Å². The number of nitrogens with zero attached hydrogens (tertiary/aromatic N) is 1. The summed E-state index contributed by atoms with van der Waals surface area (Å²) < 4.78 is 24.8. The molecule has 0 aliphatic heterocycles. The molecule has 0 heterocycles. The monoisotopic (exact) mass is 553 g/mol. The standard InChI is InChI=1S/C9H8ClFO.C9H9FO2.C3H7NO.C2Cl2O2/c1-6(9(10)12)7-2-4-8(11)5-3-7;1-6(9(11)12)7-2-4-8(10)5-3-7;1-4(2)3-5;3-1(5)2(4)6/h2-6H,1H3;2-6H,1H3,(H,11,12);3H,1-2H3;. The Kier molecular flexibility index (Phi) is 18.1. The van der Waals surface area contributed by atoms with Gasteiger partial charge in [0.1, 0.15) is 11.6 Å². The minimum atomic E-state index is -1.14. The van der Waals surface area contributed by atoms with Crippen LogP contribution in [0.4, 0.5) is 8.78 Å². The molecule has 12 heteroatoms. The number of rotatable bonds is 6. The fourth-order valence-corrected chi connectivity index (χ4v) is 1.90. The second kappa shape index (κ2) is 18.4. The van der Waals surface area contributed by atoms with Crippen molar-refractivity contribution in [1.82, 2.24) is 4.90 Å². The summed E-state index contributed by atoms with van der Waals surface area (Å²) in [6.45, 7) is 3.25. The van der Waals surface area contributed by atoms with Crippen LogP contribution < -0.4 is 0 Å². The van der Waals surface area contributed by atoms with Gasteiger partial charge in [-0.15, -0.1) is 0 Å². The molecule has 0 fully saturated rings. The Balaban J connectivity index is 0. The molecule has 1 amide bonds. The molecule has 0 saturated carbocycles. The summed E-state index contributed by atoms with van der Waals surface area (Å²) in [5.74, 6) is -2.51. The number of hydrogen-bond donors (Lipinski definition) is 1. The third-order valence-corrected chi connectivity index (χ3v) is 4.58. The van der Waals surface area contributed by atoms with Crippen LogP contribution in [0.15, 0.2) is 48.5 Å². The average molecular weight is 555 g/mol. The smallest absolute Gasteiger partial charge is 0.310 e. The highest BCUT2D eigenvalue weighted by molar-refractivity contribution is 6.97. The molecule has 0 radical (unpaired) electrons. The minimum absolute atomic E-state index is 0.312. The van der Waals surface area contributed by atoms with E-state index in [-0.39, 0.29) is 17.6 Å². The lowest BCUT2D eigenvalue weighted by Crippen LogP contribution is -2.06. The predicted molar refractivity (Wildman–Crippen MR) is 130 cm³/mol. The number of carbonyl (C=O) groups is 5. The first-order chi connectivity index (χ1) is 16.1. The van der Waals surface area contributed by atoms with Crippen molar-refractivity contribution in [2.45, 2.75) is 25.7 Å². The summed E-state index contributed by atoms with van der Waals surface area (Å²) in [5.41, 5.74) is 1.35. The van der Waals surface area contributed by atoms with Crippen LogP contribution in [0.5, 0.6) is 0 Å². The van der Waals surface area contributed by atoms with Crippen LogP contribution in [0.1, 0.15) is 36.8 Å². The van der Waals surface area contributed by atoms with E-state index >= 15 is 0 Å². The van der Waals surface area contributed by atoms with Crippen LogP contribution in [0.2, 0.25) is 0 Å². The molecule has 0 aromatic heterocycles. The maximum atomic E-state index is 12.4. The Morgan fingerprint density at radius 2 is 1.06 bits per heavy atom. The molecule has 0 aliphatic rings. The van der Waals surface area contributed by atoms with E-state index in [1.807, 2.05) is 0 Å². The Morgan fingerprint density at radius 1 is 0.771 bits per heavy atom. The van der Waals surface area contributed by atoms with Gasteiger partial charge in [0.2, 0.25) is 11.7 Å². The van der Waals surface area contributed by atoms with Crippen molar-refractivity contribution in [3.8, 4) is 0 Å². The van der Waals surface area contributed by atoms with E-state index in [2.05, 4.69) is 23.2 Å². The fraction of sp³-hybridized carbons (Fsp3) is 0.261. The Morgan fingerprint density at radius 3 is 1.26 bits per heavy atom. The number of halogens is 5. The Labute approximate surface area is 216 Å². The molecule has 0 aliphatic carbocycles. The molecule has 35 heavy (non-hydrogen) atoms. The zero-order valence-electron chi connectivity index (χ0n) is 19.2. The molecule has 2 rings (SSSR count). The van der Waals surface area contributed by atoms with Crippen LogP contribution >= 0.6 is 34.8 Å². The topological polar surface area (TPSA) is 109 Å². The normalized spacial score (nSPS) is 10.9. The zero-order chi connectivity index (χ0) is 27.7. The lowest BCUT2D eigenvalue weighted by atomic mass is 10.0. The largest absolute Gasteiger partial charge is 0.481 e. The summed E-state index contributed by atoms with van der Waals surface area (Å²) in [4.78, 5) is 50.9. The highest BCUT2D eigenvalue weighted by Gasteiger charge is 2.13. The van der Waals surface area contributed by atoms with Crippen LogP contribution in [0, 0.1) is 11.6 Å². The van der Waals surface area contributed by atoms with Crippen LogP contribution in [0.25, 0.3) is 0 Å². The second-order valence-corrected chi connectivity index (χ2v) is 7.86. The molecule has 0 spiro atoms. The molecule has 192 valence electrons. The maximum Gasteiger partial charge on any atom is 0.310 e. The summed E-state index contributed by atoms with van der Waals surface area (Å²) in [6.07, 6.45) is 0.750. The second-order valence-electron chi connectivity index (χ2n) is 6.81. The van der Waals surface area contributed by atoms with E-state index in [0.717, 1.165) is 12.0 Å². The van der Waals surface area contributed by atoms with E-state index in [0.29, 0.717) is 5.56 Å². The maximum absolute atomic E-state index is 12.4. The van der Waals surface area contributed by atoms with Gasteiger partial charge in [0.25, 0.3) is 0 Å². The summed E-state index contributed by atoms with van der Waals surface area (Å²) in [5, 5.41) is 5.90. The molecule has 0 bridgehead atoms. The van der Waals surface area contributed by atoms with Crippen LogP contribution in [-0.2, 0) is 24.0 Å². The number of hydrogen-bond acceptors (Lipinski definition) is 5. The molecule has 1 N–H and O–H groups in total. The van der Waals surface area contributed by atoms with E-state index < -0.39 is 27.6 Å². The van der Waals surface area contributed by atoms with E-state index in [4.69, 9.17) is 16.7 Å². The Bertz CT molecular complexity index is 897. The number of benzene rings is 2. The fourth-order valence-electron chi connectivity index (χ4n) is 1.78. The van der Waals surface area contributed by atoms with E-state index in [1.54, 1.807) is 40.1 Å². The van der Waals surface area contributed by atoms with Crippen molar-refractivity contribution in [2.24, 2.45) is 0 Å². The van der Waals surface area contributed by atoms with Crippen molar-refractivity contribution in [2.75, 3.05) is 14.1 Å². The molecule has 0 saturated heterocycles. The Hall–Kier alpha value is -2.88. The van der Waals surface area contributed by atoms with Crippen LogP contribution in [0.3, 0.4) is 0 Å². The highest BCUT2D eigenvalue weighted by atomic mass is 35.5. The van der Waals surface area contributed by atoms with Crippen LogP contribution in [-0.4, -0.2) is 52.2 Å². The van der Waals surface area contributed by atoms with Gasteiger partial charge in [-0.25, -0.2) is 8.78 Å². The number of carboxylic acids is 1. The minimum Gasteiger partial charge on any atom is -0.481 e. The zero-order valence-corrected chi connectivity index (χ0v) is 21.4. The highest BCUT2D eigenvalue weighted by Crippen LogP contribution is 2.18.